The molecular weight excluding hydrogens is 416 g/mol. The molecule has 4 nitrogen and oxygen atoms in total. The summed E-state index contributed by atoms with van der Waals surface area (Å²) in [6.07, 6.45) is 0. The molecule has 0 atom stereocenters. The fourth-order valence-corrected chi connectivity index (χ4v) is 3.31. The summed E-state index contributed by atoms with van der Waals surface area (Å²) in [4.78, 5) is 12.3. The molecule has 1 aromatic heterocycles. The van der Waals surface area contributed by atoms with E-state index in [1.54, 1.807) is 37.4 Å². The molecule has 0 saturated carbocycles. The minimum absolute atomic E-state index is 0.0115. The van der Waals surface area contributed by atoms with Crippen molar-refractivity contribution >= 4 is 42.8 Å². The highest BCUT2D eigenvalue weighted by Crippen LogP contribution is 2.38. The predicted molar refractivity (Wildman–Crippen MR) is 91.5 cm³/mol. The van der Waals surface area contributed by atoms with Gasteiger partial charge in [-0.25, -0.2) is 0 Å². The molecule has 0 saturated heterocycles. The van der Waals surface area contributed by atoms with Crippen molar-refractivity contribution in [3.05, 3.63) is 55.6 Å². The largest absolute Gasteiger partial charge is 0.505 e. The Balaban J connectivity index is 2.25. The van der Waals surface area contributed by atoms with Crippen LogP contribution < -0.4 is 10.2 Å². The first-order valence-corrected chi connectivity index (χ1v) is 7.89. The van der Waals surface area contributed by atoms with Crippen molar-refractivity contribution in [2.45, 2.75) is 0 Å². The van der Waals surface area contributed by atoms with Gasteiger partial charge in [-0.2, -0.15) is 0 Å². The van der Waals surface area contributed by atoms with Gasteiger partial charge in [-0.3, -0.25) is 4.79 Å². The minimum Gasteiger partial charge on any atom is -0.505 e. The van der Waals surface area contributed by atoms with Gasteiger partial charge in [0, 0.05) is 11.6 Å². The number of phenols is 1. The van der Waals surface area contributed by atoms with Gasteiger partial charge in [-0.05, 0) is 62.2 Å². The van der Waals surface area contributed by atoms with Crippen molar-refractivity contribution in [3.8, 4) is 22.8 Å². The lowest BCUT2D eigenvalue weighted by atomic mass is 10.1. The maximum Gasteiger partial charge on any atom is 0.193 e. The predicted octanol–water partition coefficient (Wildman–Crippen LogP) is 4.70. The lowest BCUT2D eigenvalue weighted by molar-refractivity contribution is 0.415. The molecule has 0 unspecified atom stereocenters. The van der Waals surface area contributed by atoms with E-state index in [9.17, 15) is 9.90 Å². The lowest BCUT2D eigenvalue weighted by Gasteiger charge is -2.08. The standard InChI is InChI=1S/C16H10Br2O4/c1-21-9-4-2-8(3-5-9)13-7-12(19)10-6-11(17)15(20)14(18)16(10)22-13/h2-7,20H,1H3. The third-order valence-corrected chi connectivity index (χ3v) is 4.60. The number of rotatable bonds is 2. The van der Waals surface area contributed by atoms with Crippen LogP contribution in [0.5, 0.6) is 11.5 Å². The quantitative estimate of drug-likeness (QED) is 0.646. The Labute approximate surface area is 142 Å². The van der Waals surface area contributed by atoms with E-state index in [1.807, 2.05) is 0 Å². The van der Waals surface area contributed by atoms with E-state index in [2.05, 4.69) is 31.9 Å². The lowest BCUT2D eigenvalue weighted by Crippen LogP contribution is -2.01. The molecule has 0 aliphatic rings. The Morgan fingerprint density at radius 3 is 2.45 bits per heavy atom. The number of methoxy groups -OCH3 is 1. The van der Waals surface area contributed by atoms with Gasteiger partial charge in [0.2, 0.25) is 0 Å². The van der Waals surface area contributed by atoms with E-state index in [4.69, 9.17) is 9.15 Å². The number of phenolic OH excluding ortho intramolecular Hbond substituents is 1. The molecule has 22 heavy (non-hydrogen) atoms. The number of fused-ring (bicyclic) bond motifs is 1. The molecule has 0 bridgehead atoms. The Hall–Kier alpha value is -1.79. The Morgan fingerprint density at radius 1 is 1.14 bits per heavy atom. The fourth-order valence-electron chi connectivity index (χ4n) is 2.11. The monoisotopic (exact) mass is 424 g/mol. The van der Waals surface area contributed by atoms with Gasteiger partial charge in [0.15, 0.2) is 11.0 Å². The maximum absolute atomic E-state index is 12.3. The normalized spacial score (nSPS) is 10.9. The average Bonchev–Trinajstić information content (AvgIpc) is 2.54. The molecule has 3 aromatic rings. The van der Waals surface area contributed by atoms with Crippen LogP contribution in [0.2, 0.25) is 0 Å². The molecule has 1 N–H and O–H groups in total. The van der Waals surface area contributed by atoms with Gasteiger partial charge in [-0.1, -0.05) is 0 Å². The van der Waals surface area contributed by atoms with Crippen LogP contribution in [0.15, 0.2) is 54.6 Å². The zero-order chi connectivity index (χ0) is 15.9. The number of aromatic hydroxyl groups is 1. The first-order chi connectivity index (χ1) is 10.5. The molecule has 6 heteroatoms. The van der Waals surface area contributed by atoms with Crippen LogP contribution in [-0.2, 0) is 0 Å². The molecule has 0 amide bonds. The van der Waals surface area contributed by atoms with Crippen molar-refractivity contribution in [2.75, 3.05) is 7.11 Å². The van der Waals surface area contributed by atoms with E-state index in [0.29, 0.717) is 25.7 Å². The van der Waals surface area contributed by atoms with Gasteiger partial charge in [0.05, 0.1) is 17.0 Å². The first-order valence-electron chi connectivity index (χ1n) is 6.30. The van der Waals surface area contributed by atoms with E-state index < -0.39 is 0 Å². The molecular formula is C16H10Br2O4. The topological polar surface area (TPSA) is 59.7 Å². The molecule has 2 aromatic carbocycles. The molecule has 0 aliphatic carbocycles. The fraction of sp³-hybridized carbons (Fsp3) is 0.0625. The van der Waals surface area contributed by atoms with Crippen LogP contribution in [0.3, 0.4) is 0 Å². The molecule has 112 valence electrons. The second-order valence-electron chi connectivity index (χ2n) is 4.60. The van der Waals surface area contributed by atoms with Crippen molar-refractivity contribution in [1.82, 2.24) is 0 Å². The van der Waals surface area contributed by atoms with Gasteiger partial charge in [0.25, 0.3) is 0 Å². The van der Waals surface area contributed by atoms with Crippen LogP contribution in [-0.4, -0.2) is 12.2 Å². The molecule has 0 fully saturated rings. The Bertz CT molecular complexity index is 914. The van der Waals surface area contributed by atoms with Crippen LogP contribution in [0.25, 0.3) is 22.3 Å². The summed E-state index contributed by atoms with van der Waals surface area (Å²) >= 11 is 6.47. The average molecular weight is 426 g/mol. The second-order valence-corrected chi connectivity index (χ2v) is 6.25. The van der Waals surface area contributed by atoms with Gasteiger partial charge in [0.1, 0.15) is 21.7 Å². The molecule has 0 spiro atoms. The molecule has 0 aliphatic heterocycles. The van der Waals surface area contributed by atoms with E-state index in [1.165, 1.54) is 6.07 Å². The van der Waals surface area contributed by atoms with Gasteiger partial charge >= 0.3 is 0 Å². The first kappa shape index (κ1) is 15.1. The number of halogens is 2. The highest BCUT2D eigenvalue weighted by Gasteiger charge is 2.15. The molecule has 3 rings (SSSR count). The second kappa shape index (κ2) is 5.78. The van der Waals surface area contributed by atoms with Gasteiger partial charge in [-0.15, -0.1) is 0 Å². The van der Waals surface area contributed by atoms with Crippen LogP contribution in [0.4, 0.5) is 0 Å². The molecule has 0 radical (unpaired) electrons. The maximum atomic E-state index is 12.3. The zero-order valence-electron chi connectivity index (χ0n) is 11.4. The SMILES string of the molecule is COc1ccc(-c2cc(=O)c3cc(Br)c(O)c(Br)c3o2)cc1. The third-order valence-electron chi connectivity index (χ3n) is 3.26. The number of hydrogen-bond acceptors (Lipinski definition) is 4. The van der Waals surface area contributed by atoms with Crippen LogP contribution in [0, 0.1) is 0 Å². The number of benzene rings is 2. The Kier molecular flexibility index (Phi) is 3.97. The van der Waals surface area contributed by atoms with E-state index in [-0.39, 0.29) is 11.2 Å². The van der Waals surface area contributed by atoms with E-state index >= 15 is 0 Å². The number of hydrogen-bond donors (Lipinski definition) is 1. The summed E-state index contributed by atoms with van der Waals surface area (Å²) in [5, 5.41) is 10.3. The summed E-state index contributed by atoms with van der Waals surface area (Å²) in [7, 11) is 1.59. The zero-order valence-corrected chi connectivity index (χ0v) is 14.6. The van der Waals surface area contributed by atoms with Crippen molar-refractivity contribution < 1.29 is 14.3 Å². The highest BCUT2D eigenvalue weighted by atomic mass is 79.9. The smallest absolute Gasteiger partial charge is 0.193 e. The summed E-state index contributed by atoms with van der Waals surface area (Å²) in [5.41, 5.74) is 0.863. The highest BCUT2D eigenvalue weighted by molar-refractivity contribution is 9.11. The van der Waals surface area contributed by atoms with Crippen molar-refractivity contribution in [1.29, 1.82) is 0 Å². The summed E-state index contributed by atoms with van der Waals surface area (Å²) in [6.45, 7) is 0. The van der Waals surface area contributed by atoms with Crippen LogP contribution >= 0.6 is 31.9 Å². The Morgan fingerprint density at radius 2 is 1.82 bits per heavy atom. The third kappa shape index (κ3) is 2.53. The minimum atomic E-state index is -0.187. The van der Waals surface area contributed by atoms with Crippen LogP contribution in [0.1, 0.15) is 0 Å². The van der Waals surface area contributed by atoms with E-state index in [0.717, 1.165) is 11.3 Å². The summed E-state index contributed by atoms with van der Waals surface area (Å²) in [5.74, 6) is 1.12. The van der Waals surface area contributed by atoms with Crippen molar-refractivity contribution in [3.63, 3.8) is 0 Å². The number of ether oxygens (including phenoxy) is 1. The summed E-state index contributed by atoms with van der Waals surface area (Å²) in [6, 6.07) is 10.1. The van der Waals surface area contributed by atoms with Gasteiger partial charge < -0.3 is 14.3 Å². The molecule has 1 heterocycles. The summed E-state index contributed by atoms with van der Waals surface area (Å²) < 4.78 is 11.7. The van der Waals surface area contributed by atoms with Crippen molar-refractivity contribution in [2.24, 2.45) is 0 Å².